The normalized spacial score (nSPS) is 7.20. The van der Waals surface area contributed by atoms with E-state index in [4.69, 9.17) is 11.6 Å². The van der Waals surface area contributed by atoms with Crippen molar-refractivity contribution in [2.45, 2.75) is 19.2 Å². The van der Waals surface area contributed by atoms with Crippen LogP contribution < -0.4 is 0 Å². The lowest BCUT2D eigenvalue weighted by molar-refractivity contribution is 1.10. The van der Waals surface area contributed by atoms with E-state index in [-0.39, 0.29) is 23.1 Å². The van der Waals surface area contributed by atoms with Crippen LogP contribution in [-0.4, -0.2) is 28.4 Å². The van der Waals surface area contributed by atoms with E-state index in [1.165, 1.54) is 0 Å². The third-order valence-corrected chi connectivity index (χ3v) is 0. The number of halogens is 1. The van der Waals surface area contributed by atoms with Crippen molar-refractivity contribution in [1.82, 2.24) is 0 Å². The average Bonchev–Trinajstić information content (AvgIpc) is 0.811. The molecule has 0 nitrogen and oxygen atoms in total. The lowest BCUT2D eigenvalue weighted by atomic mass is 10.6. The predicted molar refractivity (Wildman–Crippen MR) is 26.7 cm³/mol. The Morgan fingerprint density at radius 3 is 1.40 bits per heavy atom. The van der Waals surface area contributed by atoms with Crippen molar-refractivity contribution < 1.29 is 0 Å². The number of hydrogen-bond acceptors (Lipinski definition) is 0. The smallest absolute Gasteiger partial charge is 0.0279 e. The van der Waals surface area contributed by atoms with Crippen LogP contribution in [0.15, 0.2) is 0 Å². The second-order valence-electron chi connectivity index (χ2n) is 1.01. The lowest BCUT2D eigenvalue weighted by Crippen LogP contribution is -1.70. The molecule has 0 aromatic carbocycles. The molecule has 0 fully saturated rings. The number of alkyl halides is 1. The molecule has 0 rings (SSSR count). The summed E-state index contributed by atoms with van der Waals surface area (Å²) in [5.74, 6) is 0. The zero-order chi connectivity index (χ0) is 3.58. The second-order valence-corrected chi connectivity index (χ2v) is 1.89. The van der Waals surface area contributed by atoms with Gasteiger partial charge in [-0.25, -0.2) is 0 Å². The fourth-order valence-corrected chi connectivity index (χ4v) is 0. The highest BCUT2D eigenvalue weighted by atomic mass is 35.5. The summed E-state index contributed by atoms with van der Waals surface area (Å²) in [6, 6.07) is 0. The van der Waals surface area contributed by atoms with Crippen LogP contribution in [0.1, 0.15) is 13.8 Å². The van der Waals surface area contributed by atoms with Gasteiger partial charge in [0.05, 0.1) is 0 Å². The highest BCUT2D eigenvalue weighted by molar-refractivity contribution is 6.20. The Kier molecular flexibility index (Phi) is 9.52. The summed E-state index contributed by atoms with van der Waals surface area (Å²) in [5.41, 5.74) is 0. The quantitative estimate of drug-likeness (QED) is 0.319. The first-order chi connectivity index (χ1) is 1.73. The summed E-state index contributed by atoms with van der Waals surface area (Å²) in [7, 11) is 0. The van der Waals surface area contributed by atoms with Gasteiger partial charge in [-0.3, -0.25) is 0 Å². The van der Waals surface area contributed by atoms with Gasteiger partial charge in [0.1, 0.15) is 0 Å². The van der Waals surface area contributed by atoms with Gasteiger partial charge in [-0.2, -0.15) is 0 Å². The zero-order valence-electron chi connectivity index (χ0n) is 3.66. The molecule has 0 amide bonds. The Morgan fingerprint density at radius 1 is 1.40 bits per heavy atom. The molecule has 0 unspecified atom stereocenters. The summed E-state index contributed by atoms with van der Waals surface area (Å²) in [5, 5.41) is 0.306. The molecule has 0 aromatic rings. The highest BCUT2D eigenvalue weighted by Gasteiger charge is 1.71. The predicted octanol–water partition coefficient (Wildman–Crippen LogP) is 1.25. The van der Waals surface area contributed by atoms with E-state index in [9.17, 15) is 0 Å². The van der Waals surface area contributed by atoms with Gasteiger partial charge in [0.25, 0.3) is 0 Å². The molecule has 0 atom stereocenters. The number of hydrogen-bond donors (Lipinski definition) is 0. The largest absolute Gasteiger partial charge is 0.124 e. The van der Waals surface area contributed by atoms with Crippen molar-refractivity contribution in [3.05, 3.63) is 0 Å². The summed E-state index contributed by atoms with van der Waals surface area (Å²) in [4.78, 5) is 0. The van der Waals surface area contributed by atoms with Gasteiger partial charge in [-0.05, 0) is 13.8 Å². The van der Waals surface area contributed by atoms with E-state index < -0.39 is 0 Å². The standard InChI is InChI=1S/C3H7Cl.Mg/c1-3(2)4;/h3H,1-2H3;. The van der Waals surface area contributed by atoms with Crippen molar-refractivity contribution in [2.24, 2.45) is 0 Å². The first-order valence-corrected chi connectivity index (χ1v) is 1.81. The van der Waals surface area contributed by atoms with Crippen LogP contribution >= 0.6 is 11.6 Å². The average molecular weight is 103 g/mol. The van der Waals surface area contributed by atoms with Crippen molar-refractivity contribution in [3.63, 3.8) is 0 Å². The van der Waals surface area contributed by atoms with Crippen molar-refractivity contribution in [1.29, 1.82) is 0 Å². The molecular formula is C3H7ClMg. The molecule has 0 aliphatic heterocycles. The zero-order valence-corrected chi connectivity index (χ0v) is 5.83. The SMILES string of the molecule is CC(C)Cl.[Mg]. The minimum atomic E-state index is 0. The van der Waals surface area contributed by atoms with E-state index in [0.717, 1.165) is 0 Å². The minimum Gasteiger partial charge on any atom is -0.124 e. The minimum absolute atomic E-state index is 0. The summed E-state index contributed by atoms with van der Waals surface area (Å²) >= 11 is 5.27. The Bertz CT molecular complexity index is 11.6. The van der Waals surface area contributed by atoms with Crippen LogP contribution in [0.5, 0.6) is 0 Å². The molecule has 5 heavy (non-hydrogen) atoms. The molecule has 2 heteroatoms. The van der Waals surface area contributed by atoms with Gasteiger partial charge in [0.15, 0.2) is 0 Å². The highest BCUT2D eigenvalue weighted by Crippen LogP contribution is 1.84. The maximum Gasteiger partial charge on any atom is 0.0279 e. The topological polar surface area (TPSA) is 0 Å². The molecule has 0 saturated carbocycles. The molecule has 0 bridgehead atoms. The van der Waals surface area contributed by atoms with Gasteiger partial charge in [0.2, 0.25) is 0 Å². The third-order valence-electron chi connectivity index (χ3n) is 0. The monoisotopic (exact) mass is 102 g/mol. The fourth-order valence-electron chi connectivity index (χ4n) is 0. The summed E-state index contributed by atoms with van der Waals surface area (Å²) in [6.07, 6.45) is 0. The van der Waals surface area contributed by atoms with Gasteiger partial charge in [-0.1, -0.05) is 0 Å². The van der Waals surface area contributed by atoms with E-state index in [1.807, 2.05) is 13.8 Å². The van der Waals surface area contributed by atoms with Gasteiger partial charge < -0.3 is 0 Å². The van der Waals surface area contributed by atoms with Gasteiger partial charge in [-0.15, -0.1) is 11.6 Å². The Labute approximate surface area is 54.0 Å². The van der Waals surface area contributed by atoms with E-state index >= 15 is 0 Å². The summed E-state index contributed by atoms with van der Waals surface area (Å²) < 4.78 is 0. The molecule has 0 N–H and O–H groups in total. The molecule has 28 valence electrons. The van der Waals surface area contributed by atoms with Crippen LogP contribution in [0, 0.1) is 0 Å². The number of rotatable bonds is 0. The Morgan fingerprint density at radius 2 is 1.40 bits per heavy atom. The van der Waals surface area contributed by atoms with Crippen molar-refractivity contribution in [2.75, 3.05) is 0 Å². The molecule has 0 spiro atoms. The van der Waals surface area contributed by atoms with Crippen molar-refractivity contribution in [3.8, 4) is 0 Å². The van der Waals surface area contributed by atoms with Crippen LogP contribution in [0.4, 0.5) is 0 Å². The fraction of sp³-hybridized carbons (Fsp3) is 1.00. The molecule has 0 aromatic heterocycles. The first kappa shape index (κ1) is 9.41. The van der Waals surface area contributed by atoms with Crippen LogP contribution in [0.3, 0.4) is 0 Å². The Hall–Kier alpha value is 1.06. The maximum atomic E-state index is 5.27. The molecule has 0 heterocycles. The van der Waals surface area contributed by atoms with Gasteiger partial charge >= 0.3 is 0 Å². The van der Waals surface area contributed by atoms with Crippen molar-refractivity contribution >= 4 is 34.7 Å². The molecule has 2 radical (unpaired) electrons. The molecule has 0 saturated heterocycles. The second kappa shape index (κ2) is 5.06. The lowest BCUT2D eigenvalue weighted by Gasteiger charge is -1.76. The van der Waals surface area contributed by atoms with Gasteiger partial charge in [0, 0.05) is 28.4 Å². The maximum absolute atomic E-state index is 5.27. The van der Waals surface area contributed by atoms with Crippen LogP contribution in [-0.2, 0) is 0 Å². The molecular weight excluding hydrogens is 95.8 g/mol. The van der Waals surface area contributed by atoms with E-state index in [1.54, 1.807) is 0 Å². The van der Waals surface area contributed by atoms with Crippen LogP contribution in [0.2, 0.25) is 0 Å². The first-order valence-electron chi connectivity index (χ1n) is 1.37. The molecule has 0 aliphatic rings. The van der Waals surface area contributed by atoms with E-state index in [0.29, 0.717) is 5.38 Å². The third kappa shape index (κ3) is 42.3. The summed E-state index contributed by atoms with van der Waals surface area (Å²) in [6.45, 7) is 3.86. The Balaban J connectivity index is 0. The molecule has 0 aliphatic carbocycles. The van der Waals surface area contributed by atoms with Crippen LogP contribution in [0.25, 0.3) is 0 Å². The van der Waals surface area contributed by atoms with E-state index in [2.05, 4.69) is 0 Å².